The molecule has 0 spiro atoms. The third-order valence-corrected chi connectivity index (χ3v) is 6.59. The van der Waals surface area contributed by atoms with Gasteiger partial charge in [-0.2, -0.15) is 0 Å². The lowest BCUT2D eigenvalue weighted by molar-refractivity contribution is -0.154. The number of nitrogens with zero attached hydrogens (tertiary/aromatic N) is 3. The van der Waals surface area contributed by atoms with Gasteiger partial charge in [0.15, 0.2) is 0 Å². The average molecular weight is 439 g/mol. The molecular weight excluding hydrogens is 416 g/mol. The van der Waals surface area contributed by atoms with E-state index in [1.807, 2.05) is 0 Å². The highest BCUT2D eigenvalue weighted by molar-refractivity contribution is 8.02. The number of aromatic nitrogens is 2. The Morgan fingerprint density at radius 3 is 2.83 bits per heavy atom. The molecule has 3 rings (SSSR count). The number of ether oxygens (including phenoxy) is 1. The van der Waals surface area contributed by atoms with Crippen LogP contribution in [0.1, 0.15) is 20.8 Å². The smallest absolute Gasteiger partial charge is 0.408 e. The molecule has 0 radical (unpaired) electrons. The minimum atomic E-state index is -1.21. The maximum atomic E-state index is 12.5. The number of carbonyl (C=O) groups is 3. The first-order chi connectivity index (χ1) is 13.6. The number of hydrogen-bond acceptors (Lipinski definition) is 8. The summed E-state index contributed by atoms with van der Waals surface area (Å²) in [5.74, 6) is -1.04. The maximum Gasteiger partial charge on any atom is 0.408 e. The molecule has 1 aromatic rings. The van der Waals surface area contributed by atoms with E-state index in [4.69, 9.17) is 4.74 Å². The molecule has 2 unspecified atom stereocenters. The van der Waals surface area contributed by atoms with Gasteiger partial charge < -0.3 is 20.1 Å². The molecule has 2 aliphatic heterocycles. The summed E-state index contributed by atoms with van der Waals surface area (Å²) in [4.78, 5) is 46.0. The molecule has 156 valence electrons. The fraction of sp³-hybridized carbons (Fsp3) is 0.500. The second-order valence-corrected chi connectivity index (χ2v) is 9.75. The molecule has 3 heterocycles. The van der Waals surface area contributed by atoms with E-state index in [1.165, 1.54) is 28.4 Å². The van der Waals surface area contributed by atoms with Gasteiger partial charge in [-0.15, -0.1) is 11.8 Å². The summed E-state index contributed by atoms with van der Waals surface area (Å²) in [7, 11) is 0. The number of carboxylic acid groups (broad SMARTS) is 1. The third-order valence-electron chi connectivity index (χ3n) is 4.32. The van der Waals surface area contributed by atoms with E-state index in [2.05, 4.69) is 15.3 Å². The van der Waals surface area contributed by atoms with Crippen LogP contribution in [0.2, 0.25) is 0 Å². The molecule has 2 fully saturated rings. The molecule has 0 saturated carbocycles. The summed E-state index contributed by atoms with van der Waals surface area (Å²) < 4.78 is 5.20. The van der Waals surface area contributed by atoms with Crippen molar-refractivity contribution in [2.24, 2.45) is 5.41 Å². The van der Waals surface area contributed by atoms with Gasteiger partial charge in [0, 0.05) is 24.7 Å². The number of amides is 2. The zero-order chi connectivity index (χ0) is 21.2. The lowest BCUT2D eigenvalue weighted by atomic mass is 9.87. The van der Waals surface area contributed by atoms with Gasteiger partial charge in [0.1, 0.15) is 27.5 Å². The van der Waals surface area contributed by atoms with Gasteiger partial charge in [0.25, 0.3) is 0 Å². The molecule has 2 saturated heterocycles. The van der Waals surface area contributed by atoms with Crippen molar-refractivity contribution < 1.29 is 24.2 Å². The third kappa shape index (κ3) is 4.84. The van der Waals surface area contributed by atoms with E-state index in [0.717, 1.165) is 0 Å². The summed E-state index contributed by atoms with van der Waals surface area (Å²) in [6.45, 7) is 5.26. The number of carboxylic acids is 1. The molecule has 0 aliphatic carbocycles. The van der Waals surface area contributed by atoms with Gasteiger partial charge in [-0.1, -0.05) is 17.8 Å². The van der Waals surface area contributed by atoms with Crippen LogP contribution in [0.5, 0.6) is 0 Å². The van der Waals surface area contributed by atoms with Crippen LogP contribution in [-0.4, -0.2) is 67.3 Å². The molecule has 2 N–H and O–H groups in total. The van der Waals surface area contributed by atoms with Crippen LogP contribution in [0.15, 0.2) is 35.1 Å². The lowest BCUT2D eigenvalue weighted by Gasteiger charge is -2.53. The van der Waals surface area contributed by atoms with Crippen molar-refractivity contribution in [1.82, 2.24) is 20.2 Å². The van der Waals surface area contributed by atoms with Gasteiger partial charge in [-0.05, 0) is 26.2 Å². The number of carbonyl (C=O) groups excluding carboxylic acids is 2. The second-order valence-electron chi connectivity index (χ2n) is 7.72. The SMILES string of the molecule is CC(C)(C)OC(=O)NC1C(=O)N2CC(C=CSc3cnccn3)(C(=O)O)CS[C@H]12. The first-order valence-electron chi connectivity index (χ1n) is 8.87. The molecular formula is C18H22N4O5S2. The fourth-order valence-electron chi connectivity index (χ4n) is 2.91. The van der Waals surface area contributed by atoms with Crippen molar-refractivity contribution in [2.75, 3.05) is 12.3 Å². The van der Waals surface area contributed by atoms with Gasteiger partial charge in [0.05, 0.1) is 6.20 Å². The van der Waals surface area contributed by atoms with E-state index >= 15 is 0 Å². The Hall–Kier alpha value is -2.27. The normalized spacial score (nSPS) is 26.6. The van der Waals surface area contributed by atoms with Gasteiger partial charge in [0.2, 0.25) is 5.91 Å². The minimum Gasteiger partial charge on any atom is -0.481 e. The fourth-order valence-corrected chi connectivity index (χ4v) is 5.14. The zero-order valence-electron chi connectivity index (χ0n) is 16.2. The van der Waals surface area contributed by atoms with Crippen molar-refractivity contribution in [3.63, 3.8) is 0 Å². The molecule has 1 aromatic heterocycles. The van der Waals surface area contributed by atoms with Crippen LogP contribution < -0.4 is 5.32 Å². The maximum absolute atomic E-state index is 12.5. The predicted octanol–water partition coefficient (Wildman–Crippen LogP) is 1.96. The van der Waals surface area contributed by atoms with Crippen LogP contribution in [0, 0.1) is 5.41 Å². The quantitative estimate of drug-likeness (QED) is 0.525. The van der Waals surface area contributed by atoms with Gasteiger partial charge in [-0.25, -0.2) is 9.78 Å². The van der Waals surface area contributed by atoms with Crippen LogP contribution in [0.25, 0.3) is 0 Å². The van der Waals surface area contributed by atoms with Crippen molar-refractivity contribution in [2.45, 2.75) is 42.8 Å². The number of β-lactam (4-membered cyclic amide) rings is 1. The van der Waals surface area contributed by atoms with Gasteiger partial charge in [-0.3, -0.25) is 14.6 Å². The second kappa shape index (κ2) is 8.23. The molecule has 0 aromatic carbocycles. The Kier molecular flexibility index (Phi) is 6.08. The van der Waals surface area contributed by atoms with E-state index in [9.17, 15) is 19.5 Å². The average Bonchev–Trinajstić information content (AvgIpc) is 2.65. The summed E-state index contributed by atoms with van der Waals surface area (Å²) >= 11 is 2.59. The van der Waals surface area contributed by atoms with Crippen LogP contribution >= 0.6 is 23.5 Å². The highest BCUT2D eigenvalue weighted by atomic mass is 32.2. The number of rotatable bonds is 5. The molecule has 0 bridgehead atoms. The van der Waals surface area contributed by atoms with Crippen LogP contribution in [0.4, 0.5) is 4.79 Å². The highest BCUT2D eigenvalue weighted by Gasteiger charge is 2.57. The zero-order valence-corrected chi connectivity index (χ0v) is 17.8. The highest BCUT2D eigenvalue weighted by Crippen LogP contribution is 2.43. The summed E-state index contributed by atoms with van der Waals surface area (Å²) in [5, 5.41) is 14.4. The molecule has 29 heavy (non-hydrogen) atoms. The number of aliphatic carboxylic acids is 1. The van der Waals surface area contributed by atoms with Crippen molar-refractivity contribution >= 4 is 41.5 Å². The predicted molar refractivity (Wildman–Crippen MR) is 108 cm³/mol. The van der Waals surface area contributed by atoms with Gasteiger partial charge >= 0.3 is 12.1 Å². The Balaban J connectivity index is 1.63. The lowest BCUT2D eigenvalue weighted by Crippen LogP contribution is -2.73. The Bertz CT molecular complexity index is 829. The van der Waals surface area contributed by atoms with E-state index in [1.54, 1.807) is 50.8 Å². The molecule has 2 amide bonds. The monoisotopic (exact) mass is 438 g/mol. The molecule has 3 atom stereocenters. The first-order valence-corrected chi connectivity index (χ1v) is 10.8. The summed E-state index contributed by atoms with van der Waals surface area (Å²) in [6, 6.07) is -0.709. The standard InChI is InChI=1S/C18H22N4O5S2/c1-17(2,3)27-16(26)21-12-13(23)22-9-18(15(24)25,10-29-14(12)22)4-7-28-11-8-19-5-6-20-11/h4-8,12,14H,9-10H2,1-3H3,(H,21,26)(H,24,25)/t12?,14-,18?/m1/s1. The van der Waals surface area contributed by atoms with E-state index < -0.39 is 29.1 Å². The van der Waals surface area contributed by atoms with Crippen LogP contribution in [-0.2, 0) is 14.3 Å². The number of alkyl carbamates (subject to hydrolysis) is 1. The van der Waals surface area contributed by atoms with E-state index in [-0.39, 0.29) is 23.6 Å². The molecule has 9 nitrogen and oxygen atoms in total. The number of hydrogen-bond donors (Lipinski definition) is 2. The topological polar surface area (TPSA) is 122 Å². The summed E-state index contributed by atoms with van der Waals surface area (Å²) in [5.41, 5.74) is -1.87. The Morgan fingerprint density at radius 1 is 1.45 bits per heavy atom. The first kappa shape index (κ1) is 21.4. The summed E-state index contributed by atoms with van der Waals surface area (Å²) in [6.07, 6.45) is 5.63. The Morgan fingerprint density at radius 2 is 2.21 bits per heavy atom. The van der Waals surface area contributed by atoms with Crippen LogP contribution in [0.3, 0.4) is 0 Å². The number of thioether (sulfide) groups is 2. The molecule has 2 aliphatic rings. The van der Waals surface area contributed by atoms with Crippen molar-refractivity contribution in [3.8, 4) is 0 Å². The number of fused-ring (bicyclic) bond motifs is 1. The van der Waals surface area contributed by atoms with E-state index in [0.29, 0.717) is 5.03 Å². The number of nitrogens with one attached hydrogen (secondary N) is 1. The largest absolute Gasteiger partial charge is 0.481 e. The van der Waals surface area contributed by atoms with Crippen molar-refractivity contribution in [3.05, 3.63) is 30.1 Å². The van der Waals surface area contributed by atoms with Crippen molar-refractivity contribution in [1.29, 1.82) is 0 Å². The molecule has 11 heteroatoms. The minimum absolute atomic E-state index is 0.0445. The Labute approximate surface area is 176 Å².